The zero-order valence-electron chi connectivity index (χ0n) is 34.2. The van der Waals surface area contributed by atoms with Gasteiger partial charge in [0.15, 0.2) is 0 Å². The molecule has 0 atom stereocenters. The number of carbonyl (C=O) groups is 1. The van der Waals surface area contributed by atoms with Gasteiger partial charge in [-0.25, -0.2) is 38.3 Å². The smallest absolute Gasteiger partial charge is 0.450 e. The molecule has 0 radical (unpaired) electrons. The molecule has 14 N–H and O–H groups in total. The first-order valence-electron chi connectivity index (χ1n) is 18.6. The molecular weight excluding hydrogens is 991 g/mol. The van der Waals surface area contributed by atoms with Crippen LogP contribution in [0.15, 0.2) is 18.4 Å². The minimum Gasteiger partial charge on any atom is -0.450 e. The maximum absolute atomic E-state index is 11.4. The summed E-state index contributed by atoms with van der Waals surface area (Å²) in [5.41, 5.74) is 0. The number of rotatable bonds is 27. The van der Waals surface area contributed by atoms with E-state index in [1.54, 1.807) is 0 Å². The molecule has 0 bridgehead atoms. The van der Waals surface area contributed by atoms with Crippen LogP contribution >= 0.6 is 46.9 Å². The molecule has 1 saturated carbocycles. The van der Waals surface area contributed by atoms with Crippen LogP contribution in [0.4, 0.5) is 4.79 Å². The van der Waals surface area contributed by atoms with Crippen LogP contribution in [-0.2, 0) is 54.5 Å². The van der Waals surface area contributed by atoms with Crippen molar-refractivity contribution >= 4 is 53.1 Å². The van der Waals surface area contributed by atoms with Crippen molar-refractivity contribution in [3.63, 3.8) is 0 Å². The summed E-state index contributed by atoms with van der Waals surface area (Å²) >= 11 is 0. The van der Waals surface area contributed by atoms with E-state index < -0.39 is 89.7 Å². The summed E-state index contributed by atoms with van der Waals surface area (Å²) in [5, 5.41) is 13.9. The molecule has 63 heavy (non-hydrogen) atoms. The van der Waals surface area contributed by atoms with E-state index in [9.17, 15) is 27.4 Å². The molecule has 2 aliphatic rings. The standard InChI is InChI=1S/C21H38N.C6H18O24P6.CH2O3.Na/c1-2-3-4-5-6-7-8-9-10-11-12-13-14-16-19-22-20-17-15-18-21-22;7-31(8,9)25-1-2(26-32(10,11)12)4(28-34(16,17)18)6(30-36(22,23)24)5(29-35(19,20)21)3(1)27-33(13,14)15;2-1(3)4;/h15,17,20H,2-14,16,19,21H2,1H3;1-6H,(H2,7,8,9)(H2,10,11,12)(H2,13,14,15)(H2,16,17,18)(H2,19,20,21)(H2,22,23,24);(H2,2,3,4);/q-1;;;+1/t;1-,2-,3-,4+,5-,6-;;. The van der Waals surface area contributed by atoms with Crippen LogP contribution in [0.1, 0.15) is 96.8 Å². The summed E-state index contributed by atoms with van der Waals surface area (Å²) in [6.07, 6.45) is 8.97. The van der Waals surface area contributed by atoms with Crippen LogP contribution in [0.25, 0.3) is 0 Å². The Morgan fingerprint density at radius 2 is 0.714 bits per heavy atom. The molecule has 0 spiro atoms. The maximum Gasteiger partial charge on any atom is 1.00 e. The Bertz CT molecular complexity index is 1420. The maximum atomic E-state index is 11.4. The summed E-state index contributed by atoms with van der Waals surface area (Å²) in [6.45, 7) is 4.48. The molecule has 0 aromatic carbocycles. The van der Waals surface area contributed by atoms with E-state index in [1.165, 1.54) is 96.4 Å². The minimum absolute atomic E-state index is 0. The van der Waals surface area contributed by atoms with E-state index in [2.05, 4.69) is 57.3 Å². The summed E-state index contributed by atoms with van der Waals surface area (Å²) in [6, 6.07) is 0. The Morgan fingerprint density at radius 1 is 0.492 bits per heavy atom. The van der Waals surface area contributed by atoms with Crippen molar-refractivity contribution in [2.45, 2.75) is 133 Å². The van der Waals surface area contributed by atoms with Crippen molar-refractivity contribution < 1.29 is 158 Å². The molecular formula is C28H58NNaO27P6. The van der Waals surface area contributed by atoms with Crippen LogP contribution in [0.5, 0.6) is 0 Å². The molecule has 0 unspecified atom stereocenters. The third-order valence-corrected chi connectivity index (χ3v) is 11.2. The molecule has 0 amide bonds. The van der Waals surface area contributed by atoms with Gasteiger partial charge in [-0.3, -0.25) is 33.2 Å². The summed E-state index contributed by atoms with van der Waals surface area (Å²) in [7, 11) is -36.1. The van der Waals surface area contributed by atoms with Crippen LogP contribution in [0.2, 0.25) is 0 Å². The van der Waals surface area contributed by atoms with Gasteiger partial charge in [0.25, 0.3) is 0 Å². The molecule has 368 valence electrons. The number of phosphoric acid groups is 6. The SMILES string of the molecule is CCCCCCCCCCCCCCCCN1C=CC=[C-]C1.O=C(O)O.O=P(O)(O)O[C@H]1[C@H](OP(=O)(O)O)[C@@H](OP(=O)(O)O)[C@H](OP(=O)(O)O)[C@@H](OP(=O)(O)O)[C@H]1OP(=O)(O)O.[Na+]. The molecule has 1 aliphatic carbocycles. The number of carboxylic acid groups (broad SMARTS) is 2. The number of hydrogen-bond acceptors (Lipinski definition) is 14. The number of nitrogens with zero attached hydrogens (tertiary/aromatic N) is 1. The van der Waals surface area contributed by atoms with Gasteiger partial charge in [0.2, 0.25) is 0 Å². The second-order valence-electron chi connectivity index (χ2n) is 13.4. The number of unbranched alkanes of at least 4 members (excludes halogenated alkanes) is 13. The molecule has 0 saturated heterocycles. The van der Waals surface area contributed by atoms with Crippen LogP contribution in [-0.4, -0.2) is 130 Å². The molecule has 1 heterocycles. The Labute approximate surface area is 385 Å². The van der Waals surface area contributed by atoms with Crippen LogP contribution in [0, 0.1) is 6.08 Å². The normalized spacial score (nSPS) is 22.0. The average molecular weight is 1050 g/mol. The predicted octanol–water partition coefficient (Wildman–Crippen LogP) is 0.750. The van der Waals surface area contributed by atoms with Crippen molar-refractivity contribution in [2.24, 2.45) is 0 Å². The Balaban J connectivity index is 0. The van der Waals surface area contributed by atoms with Gasteiger partial charge < -0.3 is 73.8 Å². The molecule has 1 fully saturated rings. The van der Waals surface area contributed by atoms with Gasteiger partial charge in [-0.15, -0.1) is 0 Å². The monoisotopic (exact) mass is 1050 g/mol. The molecule has 2 rings (SSSR count). The van der Waals surface area contributed by atoms with Crippen molar-refractivity contribution in [1.29, 1.82) is 0 Å². The molecule has 35 heteroatoms. The van der Waals surface area contributed by atoms with E-state index in [0.29, 0.717) is 0 Å². The molecule has 1 aliphatic heterocycles. The van der Waals surface area contributed by atoms with Gasteiger partial charge >= 0.3 is 82.6 Å². The fourth-order valence-corrected chi connectivity index (χ4v) is 9.25. The van der Waals surface area contributed by atoms with Gasteiger partial charge in [-0.1, -0.05) is 96.6 Å². The molecule has 0 aromatic rings. The Hall–Kier alpha value is 0.210. The van der Waals surface area contributed by atoms with Crippen molar-refractivity contribution in [3.05, 3.63) is 24.4 Å². The number of hydrogen-bond donors (Lipinski definition) is 14. The van der Waals surface area contributed by atoms with E-state index in [1.807, 2.05) is 6.08 Å². The fraction of sp³-hybridized carbons (Fsp3) is 0.821. The van der Waals surface area contributed by atoms with Gasteiger partial charge in [0.1, 0.15) is 36.6 Å². The number of allylic oxidation sites excluding steroid dienone is 2. The zero-order chi connectivity index (χ0) is 48.0. The zero-order valence-corrected chi connectivity index (χ0v) is 41.6. The van der Waals surface area contributed by atoms with Gasteiger partial charge in [-0.05, 0) is 13.0 Å². The second kappa shape index (κ2) is 31.4. The second-order valence-corrected chi connectivity index (χ2v) is 20.6. The van der Waals surface area contributed by atoms with E-state index in [0.717, 1.165) is 6.54 Å². The molecule has 28 nitrogen and oxygen atoms in total. The predicted molar refractivity (Wildman–Crippen MR) is 211 cm³/mol. The van der Waals surface area contributed by atoms with Crippen molar-refractivity contribution in [1.82, 2.24) is 4.90 Å². The first-order valence-corrected chi connectivity index (χ1v) is 27.7. The first-order chi connectivity index (χ1) is 28.2. The van der Waals surface area contributed by atoms with Crippen molar-refractivity contribution in [2.75, 3.05) is 13.1 Å². The third-order valence-electron chi connectivity index (χ3n) is 8.10. The summed E-state index contributed by atoms with van der Waals surface area (Å²) in [4.78, 5) is 121. The summed E-state index contributed by atoms with van der Waals surface area (Å²) < 4.78 is 93.1. The van der Waals surface area contributed by atoms with E-state index >= 15 is 0 Å². The van der Waals surface area contributed by atoms with Crippen molar-refractivity contribution in [3.8, 4) is 0 Å². The Kier molecular flexibility index (Phi) is 32.5. The molecule has 0 aromatic heterocycles. The third kappa shape index (κ3) is 36.9. The average Bonchev–Trinajstić information content (AvgIpc) is 3.07. The van der Waals surface area contributed by atoms with Crippen LogP contribution in [0.3, 0.4) is 0 Å². The largest absolute Gasteiger partial charge is 1.00 e. The topological polar surface area (TPSA) is 461 Å². The first kappa shape index (κ1) is 65.3. The summed E-state index contributed by atoms with van der Waals surface area (Å²) in [5.74, 6) is 0. The fourth-order valence-electron chi connectivity index (χ4n) is 5.91. The van der Waals surface area contributed by atoms with Crippen LogP contribution < -0.4 is 29.6 Å². The van der Waals surface area contributed by atoms with Gasteiger partial charge in [0.05, 0.1) is 0 Å². The van der Waals surface area contributed by atoms with Gasteiger partial charge in [-0.2, -0.15) is 6.08 Å². The van der Waals surface area contributed by atoms with E-state index in [4.69, 9.17) is 73.7 Å². The van der Waals surface area contributed by atoms with E-state index in [-0.39, 0.29) is 29.6 Å². The number of phosphoric ester groups is 6. The minimum atomic E-state index is -6.02. The quantitative estimate of drug-likeness (QED) is 0.0234. The van der Waals surface area contributed by atoms with Gasteiger partial charge in [0, 0.05) is 6.54 Å². The Morgan fingerprint density at radius 3 is 0.905 bits per heavy atom.